The molecular weight excluding hydrogens is 386 g/mol. The lowest BCUT2D eigenvalue weighted by atomic mass is 10.1. The molecule has 1 aromatic heterocycles. The summed E-state index contributed by atoms with van der Waals surface area (Å²) >= 11 is 0. The third kappa shape index (κ3) is 3.74. The molecule has 0 aliphatic heterocycles. The molecule has 0 bridgehead atoms. The number of anilines is 2. The minimum absolute atomic E-state index is 0.0460. The van der Waals surface area contributed by atoms with Crippen molar-refractivity contribution in [3.05, 3.63) is 100 Å². The van der Waals surface area contributed by atoms with Crippen molar-refractivity contribution in [1.29, 1.82) is 0 Å². The van der Waals surface area contributed by atoms with Crippen molar-refractivity contribution >= 4 is 39.8 Å². The number of hydrogen-bond acceptors (Lipinski definition) is 5. The summed E-state index contributed by atoms with van der Waals surface area (Å²) in [6.45, 7) is 0. The molecule has 0 unspecified atom stereocenters. The van der Waals surface area contributed by atoms with Crippen molar-refractivity contribution in [2.45, 2.75) is 0 Å². The summed E-state index contributed by atoms with van der Waals surface area (Å²) in [7, 11) is 0. The number of amides is 2. The highest BCUT2D eigenvalue weighted by Gasteiger charge is 2.23. The Morgan fingerprint density at radius 2 is 1.47 bits per heavy atom. The molecule has 4 rings (SSSR count). The van der Waals surface area contributed by atoms with Crippen molar-refractivity contribution in [1.82, 2.24) is 0 Å². The smallest absolute Gasteiger partial charge is 0.293 e. The Morgan fingerprint density at radius 1 is 0.800 bits per heavy atom. The first-order chi connectivity index (χ1) is 14.5. The number of furan rings is 1. The molecule has 0 radical (unpaired) electrons. The van der Waals surface area contributed by atoms with Gasteiger partial charge in [-0.2, -0.15) is 0 Å². The van der Waals surface area contributed by atoms with Gasteiger partial charge in [0.1, 0.15) is 11.3 Å². The molecule has 0 saturated carbocycles. The molecule has 8 heteroatoms. The number of non-ortho nitro benzene ring substituents is 1. The van der Waals surface area contributed by atoms with Gasteiger partial charge in [-0.25, -0.2) is 0 Å². The number of fused-ring (bicyclic) bond motifs is 1. The highest BCUT2D eigenvalue weighted by Crippen LogP contribution is 2.32. The van der Waals surface area contributed by atoms with Crippen LogP contribution >= 0.6 is 0 Å². The standard InChI is InChI=1S/C22H15N3O5/c26-21(14-10-12-16(13-11-14)25(28)29)24-19-17-8-4-5-9-18(17)30-20(19)22(27)23-15-6-2-1-3-7-15/h1-13H,(H,23,27)(H,24,26). The topological polar surface area (TPSA) is 114 Å². The number of para-hydroxylation sites is 2. The lowest BCUT2D eigenvalue weighted by Crippen LogP contribution is -2.17. The number of rotatable bonds is 5. The lowest BCUT2D eigenvalue weighted by molar-refractivity contribution is -0.384. The van der Waals surface area contributed by atoms with Crippen molar-refractivity contribution in [3.63, 3.8) is 0 Å². The fraction of sp³-hybridized carbons (Fsp3) is 0. The van der Waals surface area contributed by atoms with Crippen LogP contribution in [0.1, 0.15) is 20.9 Å². The van der Waals surface area contributed by atoms with Gasteiger partial charge in [0.05, 0.1) is 4.92 Å². The van der Waals surface area contributed by atoms with Gasteiger partial charge < -0.3 is 15.1 Å². The van der Waals surface area contributed by atoms with E-state index in [1.165, 1.54) is 24.3 Å². The molecule has 0 fully saturated rings. The summed E-state index contributed by atoms with van der Waals surface area (Å²) in [5.41, 5.74) is 1.33. The molecule has 0 atom stereocenters. The van der Waals surface area contributed by atoms with E-state index in [1.807, 2.05) is 6.07 Å². The number of nitrogens with one attached hydrogen (secondary N) is 2. The van der Waals surface area contributed by atoms with Crippen molar-refractivity contribution in [2.24, 2.45) is 0 Å². The van der Waals surface area contributed by atoms with Crippen LogP contribution in [-0.2, 0) is 0 Å². The minimum atomic E-state index is -0.544. The molecule has 2 amide bonds. The number of benzene rings is 3. The maximum absolute atomic E-state index is 12.8. The van der Waals surface area contributed by atoms with E-state index < -0.39 is 16.7 Å². The average molecular weight is 401 g/mol. The molecule has 0 spiro atoms. The van der Waals surface area contributed by atoms with E-state index in [1.54, 1.807) is 48.5 Å². The van der Waals surface area contributed by atoms with Gasteiger partial charge >= 0.3 is 0 Å². The maximum atomic E-state index is 12.8. The largest absolute Gasteiger partial charge is 0.449 e. The van der Waals surface area contributed by atoms with Gasteiger partial charge in [-0.15, -0.1) is 0 Å². The first kappa shape index (κ1) is 18.9. The summed E-state index contributed by atoms with van der Waals surface area (Å²) in [5, 5.41) is 16.8. The van der Waals surface area contributed by atoms with Crippen molar-refractivity contribution in [2.75, 3.05) is 10.6 Å². The van der Waals surface area contributed by atoms with E-state index in [-0.39, 0.29) is 22.7 Å². The molecule has 0 saturated heterocycles. The quantitative estimate of drug-likeness (QED) is 0.367. The molecule has 0 aliphatic rings. The zero-order valence-electron chi connectivity index (χ0n) is 15.5. The Bertz CT molecular complexity index is 1250. The Balaban J connectivity index is 1.67. The normalized spacial score (nSPS) is 10.5. The van der Waals surface area contributed by atoms with Gasteiger partial charge in [0.2, 0.25) is 5.76 Å². The van der Waals surface area contributed by atoms with Crippen LogP contribution in [0.5, 0.6) is 0 Å². The molecule has 1 heterocycles. The second kappa shape index (κ2) is 7.88. The Hall–Kier alpha value is -4.46. The zero-order chi connectivity index (χ0) is 21.1. The third-order valence-electron chi connectivity index (χ3n) is 4.41. The van der Waals surface area contributed by atoms with Gasteiger partial charge in [0, 0.05) is 28.8 Å². The number of carbonyl (C=O) groups is 2. The number of nitro benzene ring substituents is 1. The van der Waals surface area contributed by atoms with Crippen LogP contribution in [-0.4, -0.2) is 16.7 Å². The molecule has 2 N–H and O–H groups in total. The van der Waals surface area contributed by atoms with E-state index in [9.17, 15) is 19.7 Å². The third-order valence-corrected chi connectivity index (χ3v) is 4.41. The van der Waals surface area contributed by atoms with Crippen LogP contribution in [0.3, 0.4) is 0 Å². The van der Waals surface area contributed by atoms with Crippen LogP contribution in [0, 0.1) is 10.1 Å². The van der Waals surface area contributed by atoms with Gasteiger partial charge in [0.15, 0.2) is 0 Å². The predicted octanol–water partition coefficient (Wildman–Crippen LogP) is 4.85. The number of hydrogen-bond donors (Lipinski definition) is 2. The fourth-order valence-corrected chi connectivity index (χ4v) is 2.96. The van der Waals surface area contributed by atoms with Crippen LogP contribution in [0.25, 0.3) is 11.0 Å². The Labute approximate surface area is 170 Å². The monoisotopic (exact) mass is 401 g/mol. The predicted molar refractivity (Wildman–Crippen MR) is 112 cm³/mol. The number of nitro groups is 1. The van der Waals surface area contributed by atoms with Gasteiger partial charge in [0.25, 0.3) is 17.5 Å². The van der Waals surface area contributed by atoms with Crippen molar-refractivity contribution < 1.29 is 18.9 Å². The highest BCUT2D eigenvalue weighted by molar-refractivity contribution is 6.16. The van der Waals surface area contributed by atoms with Crippen LogP contribution < -0.4 is 10.6 Å². The number of carbonyl (C=O) groups excluding carboxylic acids is 2. The van der Waals surface area contributed by atoms with Gasteiger partial charge in [-0.1, -0.05) is 30.3 Å². The maximum Gasteiger partial charge on any atom is 0.293 e. The van der Waals surface area contributed by atoms with Crippen molar-refractivity contribution in [3.8, 4) is 0 Å². The summed E-state index contributed by atoms with van der Waals surface area (Å²) in [4.78, 5) is 35.8. The van der Waals surface area contributed by atoms with Gasteiger partial charge in [-0.3, -0.25) is 19.7 Å². The summed E-state index contributed by atoms with van der Waals surface area (Å²) < 4.78 is 5.70. The first-order valence-corrected chi connectivity index (χ1v) is 8.96. The second-order valence-electron chi connectivity index (χ2n) is 6.38. The van der Waals surface area contributed by atoms with E-state index in [0.717, 1.165) is 0 Å². The average Bonchev–Trinajstić information content (AvgIpc) is 3.13. The summed E-state index contributed by atoms with van der Waals surface area (Å²) in [6, 6.07) is 21.0. The molecule has 30 heavy (non-hydrogen) atoms. The van der Waals surface area contributed by atoms with Gasteiger partial charge in [-0.05, 0) is 36.4 Å². The fourth-order valence-electron chi connectivity index (χ4n) is 2.96. The zero-order valence-corrected chi connectivity index (χ0v) is 15.5. The number of nitrogens with zero attached hydrogens (tertiary/aromatic N) is 1. The first-order valence-electron chi connectivity index (χ1n) is 8.96. The van der Waals surface area contributed by atoms with E-state index in [0.29, 0.717) is 16.7 Å². The SMILES string of the molecule is O=C(Nc1c(C(=O)Nc2ccccc2)oc2ccccc12)c1ccc([N+](=O)[O-])cc1. The van der Waals surface area contributed by atoms with Crippen LogP contribution in [0.2, 0.25) is 0 Å². The molecule has 3 aromatic carbocycles. The molecule has 4 aromatic rings. The van der Waals surface area contributed by atoms with E-state index >= 15 is 0 Å². The van der Waals surface area contributed by atoms with E-state index in [2.05, 4.69) is 10.6 Å². The lowest BCUT2D eigenvalue weighted by Gasteiger charge is -2.07. The Kier molecular flexibility index (Phi) is 4.96. The summed E-state index contributed by atoms with van der Waals surface area (Å²) in [6.07, 6.45) is 0. The highest BCUT2D eigenvalue weighted by atomic mass is 16.6. The summed E-state index contributed by atoms with van der Waals surface area (Å²) in [5.74, 6) is -1.09. The van der Waals surface area contributed by atoms with Crippen LogP contribution in [0.4, 0.5) is 17.1 Å². The molecule has 0 aliphatic carbocycles. The van der Waals surface area contributed by atoms with Crippen LogP contribution in [0.15, 0.2) is 83.3 Å². The Morgan fingerprint density at radius 3 is 2.17 bits per heavy atom. The second-order valence-corrected chi connectivity index (χ2v) is 6.38. The minimum Gasteiger partial charge on any atom is -0.449 e. The molecule has 8 nitrogen and oxygen atoms in total. The molecular formula is C22H15N3O5. The molecule has 148 valence electrons. The van der Waals surface area contributed by atoms with E-state index in [4.69, 9.17) is 4.42 Å².